The van der Waals surface area contributed by atoms with Gasteiger partial charge in [-0.25, -0.2) is 0 Å². The number of aliphatic hydroxyl groups excluding tert-OH is 1. The molecule has 0 saturated carbocycles. The first kappa shape index (κ1) is 11.8. The zero-order valence-corrected chi connectivity index (χ0v) is 9.86. The lowest BCUT2D eigenvalue weighted by Crippen LogP contribution is -2.18. The van der Waals surface area contributed by atoms with E-state index in [0.717, 1.165) is 32.5 Å². The molecule has 1 fully saturated rings. The average molecular weight is 242 g/mol. The summed E-state index contributed by atoms with van der Waals surface area (Å²) in [6, 6.07) is 3.53. The molecule has 0 bridgehead atoms. The molecule has 1 aromatic rings. The number of nitrogens with zero attached hydrogens (tertiary/aromatic N) is 1. The fourth-order valence-electron chi connectivity index (χ4n) is 2.05. The van der Waals surface area contributed by atoms with E-state index in [1.54, 1.807) is 18.3 Å². The number of rotatable bonds is 3. The van der Waals surface area contributed by atoms with Gasteiger partial charge in [0.05, 0.1) is 16.8 Å². The highest BCUT2D eigenvalue weighted by molar-refractivity contribution is 6.31. The van der Waals surface area contributed by atoms with Crippen molar-refractivity contribution < 1.29 is 9.84 Å². The van der Waals surface area contributed by atoms with Crippen LogP contribution >= 0.6 is 11.6 Å². The summed E-state index contributed by atoms with van der Waals surface area (Å²) in [6.07, 6.45) is 3.86. The van der Waals surface area contributed by atoms with Crippen LogP contribution in [0.25, 0.3) is 0 Å². The van der Waals surface area contributed by atoms with Gasteiger partial charge in [-0.3, -0.25) is 4.98 Å². The Morgan fingerprint density at radius 1 is 1.50 bits per heavy atom. The van der Waals surface area contributed by atoms with Crippen LogP contribution in [-0.2, 0) is 4.74 Å². The molecular formula is C12H16ClNO2. The fourth-order valence-corrected chi connectivity index (χ4v) is 2.30. The minimum Gasteiger partial charge on any atom is -0.387 e. The second-order valence-corrected chi connectivity index (χ2v) is 4.58. The molecule has 0 radical (unpaired) electrons. The average Bonchev–Trinajstić information content (AvgIpc) is 2.31. The maximum absolute atomic E-state index is 10.1. The van der Waals surface area contributed by atoms with Crippen molar-refractivity contribution in [3.8, 4) is 0 Å². The highest BCUT2D eigenvalue weighted by Crippen LogP contribution is 2.29. The van der Waals surface area contributed by atoms with Crippen LogP contribution in [0.15, 0.2) is 18.3 Å². The molecule has 0 aromatic carbocycles. The van der Waals surface area contributed by atoms with Gasteiger partial charge in [0, 0.05) is 19.4 Å². The number of hydrogen-bond donors (Lipinski definition) is 1. The number of halogens is 1. The Morgan fingerprint density at radius 2 is 2.25 bits per heavy atom. The topological polar surface area (TPSA) is 42.4 Å². The number of aromatic nitrogens is 1. The molecule has 1 unspecified atom stereocenters. The fraction of sp³-hybridized carbons (Fsp3) is 0.583. The summed E-state index contributed by atoms with van der Waals surface area (Å²) in [5, 5.41) is 10.6. The number of ether oxygens (including phenoxy) is 1. The van der Waals surface area contributed by atoms with Crippen molar-refractivity contribution in [1.82, 2.24) is 4.98 Å². The Morgan fingerprint density at radius 3 is 2.94 bits per heavy atom. The highest BCUT2D eigenvalue weighted by atomic mass is 35.5. The van der Waals surface area contributed by atoms with Crippen molar-refractivity contribution in [2.24, 2.45) is 5.92 Å². The first-order valence-corrected chi connectivity index (χ1v) is 6.01. The predicted octanol–water partition coefficient (Wildman–Crippen LogP) is 2.59. The molecule has 0 spiro atoms. The van der Waals surface area contributed by atoms with Crippen LogP contribution in [0.3, 0.4) is 0 Å². The summed E-state index contributed by atoms with van der Waals surface area (Å²) in [6.45, 7) is 1.60. The number of aliphatic hydroxyl groups is 1. The maximum atomic E-state index is 10.1. The first-order valence-electron chi connectivity index (χ1n) is 5.63. The molecule has 4 heteroatoms. The van der Waals surface area contributed by atoms with Gasteiger partial charge >= 0.3 is 0 Å². The van der Waals surface area contributed by atoms with Crippen molar-refractivity contribution in [1.29, 1.82) is 0 Å². The van der Waals surface area contributed by atoms with Gasteiger partial charge in [-0.2, -0.15) is 0 Å². The third-order valence-electron chi connectivity index (χ3n) is 3.00. The monoisotopic (exact) mass is 241 g/mol. The lowest BCUT2D eigenvalue weighted by molar-refractivity contribution is 0.0427. The quantitative estimate of drug-likeness (QED) is 0.885. The van der Waals surface area contributed by atoms with Crippen molar-refractivity contribution in [2.75, 3.05) is 13.2 Å². The molecule has 1 aliphatic rings. The lowest BCUT2D eigenvalue weighted by Gasteiger charge is -2.24. The molecule has 0 amide bonds. The van der Waals surface area contributed by atoms with Crippen LogP contribution in [0.1, 0.15) is 31.1 Å². The van der Waals surface area contributed by atoms with Crippen molar-refractivity contribution >= 4 is 11.6 Å². The number of pyridine rings is 1. The minimum atomic E-state index is -0.559. The number of hydrogen-bond acceptors (Lipinski definition) is 3. The normalized spacial score (nSPS) is 19.6. The molecule has 1 N–H and O–H groups in total. The van der Waals surface area contributed by atoms with Crippen LogP contribution in [0, 0.1) is 5.92 Å². The molecular weight excluding hydrogens is 226 g/mol. The smallest absolute Gasteiger partial charge is 0.0977 e. The molecule has 2 rings (SSSR count). The summed E-state index contributed by atoms with van der Waals surface area (Å²) in [5.74, 6) is 0.516. The largest absolute Gasteiger partial charge is 0.387 e. The summed E-state index contributed by atoms with van der Waals surface area (Å²) < 4.78 is 5.29. The van der Waals surface area contributed by atoms with Crippen LogP contribution in [0.4, 0.5) is 0 Å². The van der Waals surface area contributed by atoms with Crippen LogP contribution < -0.4 is 0 Å². The second-order valence-electron chi connectivity index (χ2n) is 4.18. The van der Waals surface area contributed by atoms with Crippen molar-refractivity contribution in [3.05, 3.63) is 29.0 Å². The predicted molar refractivity (Wildman–Crippen MR) is 62.4 cm³/mol. The zero-order chi connectivity index (χ0) is 11.4. The van der Waals surface area contributed by atoms with Gasteiger partial charge in [-0.1, -0.05) is 11.6 Å². The van der Waals surface area contributed by atoms with E-state index < -0.39 is 6.10 Å². The molecule has 1 aliphatic heterocycles. The molecule has 88 valence electrons. The molecule has 2 heterocycles. The third-order valence-corrected chi connectivity index (χ3v) is 3.32. The van der Waals surface area contributed by atoms with Crippen molar-refractivity contribution in [2.45, 2.75) is 25.4 Å². The van der Waals surface area contributed by atoms with E-state index in [0.29, 0.717) is 16.6 Å². The second kappa shape index (κ2) is 5.62. The van der Waals surface area contributed by atoms with E-state index in [1.165, 1.54) is 0 Å². The van der Waals surface area contributed by atoms with Gasteiger partial charge in [0.2, 0.25) is 0 Å². The Labute approximate surface area is 100 Å². The Hall–Kier alpha value is -0.640. The van der Waals surface area contributed by atoms with E-state index in [9.17, 15) is 5.11 Å². The molecule has 1 saturated heterocycles. The summed E-state index contributed by atoms with van der Waals surface area (Å²) >= 11 is 5.99. The Balaban J connectivity index is 1.96. The lowest BCUT2D eigenvalue weighted by atomic mass is 9.92. The molecule has 3 nitrogen and oxygen atoms in total. The maximum Gasteiger partial charge on any atom is 0.0977 e. The van der Waals surface area contributed by atoms with Crippen molar-refractivity contribution in [3.63, 3.8) is 0 Å². The van der Waals surface area contributed by atoms with Gasteiger partial charge < -0.3 is 9.84 Å². The van der Waals surface area contributed by atoms with E-state index >= 15 is 0 Å². The van der Waals surface area contributed by atoms with Gasteiger partial charge in [0.25, 0.3) is 0 Å². The molecule has 1 aromatic heterocycles. The van der Waals surface area contributed by atoms with Crippen LogP contribution in [0.5, 0.6) is 0 Å². The third kappa shape index (κ3) is 2.94. The highest BCUT2D eigenvalue weighted by Gasteiger charge is 2.20. The molecule has 1 atom stereocenters. The molecule has 16 heavy (non-hydrogen) atoms. The van der Waals surface area contributed by atoms with E-state index in [1.807, 2.05) is 0 Å². The minimum absolute atomic E-state index is 0.516. The first-order chi connectivity index (χ1) is 7.77. The van der Waals surface area contributed by atoms with Gasteiger partial charge in [0.15, 0.2) is 0 Å². The van der Waals surface area contributed by atoms with Gasteiger partial charge in [-0.15, -0.1) is 0 Å². The SMILES string of the molecule is OC(CC1CCOCC1)c1ncccc1Cl. The van der Waals surface area contributed by atoms with Gasteiger partial charge in [-0.05, 0) is 37.3 Å². The summed E-state index contributed by atoms with van der Waals surface area (Å²) in [7, 11) is 0. The van der Waals surface area contributed by atoms with E-state index in [2.05, 4.69) is 4.98 Å². The Kier molecular flexibility index (Phi) is 4.16. The standard InChI is InChI=1S/C12H16ClNO2/c13-10-2-1-5-14-12(10)11(15)8-9-3-6-16-7-4-9/h1-2,5,9,11,15H,3-4,6-8H2. The van der Waals surface area contributed by atoms with Crippen LogP contribution in [0.2, 0.25) is 5.02 Å². The Bertz CT molecular complexity index is 340. The zero-order valence-electron chi connectivity index (χ0n) is 9.10. The molecule has 0 aliphatic carbocycles. The summed E-state index contributed by atoms with van der Waals surface area (Å²) in [4.78, 5) is 4.13. The van der Waals surface area contributed by atoms with Gasteiger partial charge in [0.1, 0.15) is 0 Å². The van der Waals surface area contributed by atoms with E-state index in [4.69, 9.17) is 16.3 Å². The van der Waals surface area contributed by atoms with E-state index in [-0.39, 0.29) is 0 Å². The van der Waals surface area contributed by atoms with Crippen LogP contribution in [-0.4, -0.2) is 23.3 Å². The summed E-state index contributed by atoms with van der Waals surface area (Å²) in [5.41, 5.74) is 0.593.